The lowest BCUT2D eigenvalue weighted by molar-refractivity contribution is -0.141. The number of nitrogens with one attached hydrogen (secondary N) is 2. The predicted octanol–water partition coefficient (Wildman–Crippen LogP) is 2.76. The Bertz CT molecular complexity index is 355. The fourth-order valence-electron chi connectivity index (χ4n) is 2.71. The van der Waals surface area contributed by atoms with Gasteiger partial charge in [-0.05, 0) is 23.7 Å². The molecule has 0 aliphatic heterocycles. The molecular weight excluding hydrogens is 256 g/mol. The highest BCUT2D eigenvalue weighted by molar-refractivity contribution is 5.83. The third-order valence-corrected chi connectivity index (χ3v) is 4.12. The molecule has 5 nitrogen and oxygen atoms in total. The Morgan fingerprint density at radius 3 is 2.20 bits per heavy atom. The molecule has 2 amide bonds. The van der Waals surface area contributed by atoms with Gasteiger partial charge >= 0.3 is 12.0 Å². The van der Waals surface area contributed by atoms with Crippen LogP contribution in [0, 0.1) is 10.8 Å². The average molecular weight is 284 g/mol. The van der Waals surface area contributed by atoms with Gasteiger partial charge in [-0.15, -0.1) is 0 Å². The molecule has 0 aromatic rings. The van der Waals surface area contributed by atoms with Crippen molar-refractivity contribution in [1.29, 1.82) is 0 Å². The summed E-state index contributed by atoms with van der Waals surface area (Å²) in [6.07, 6.45) is 5.93. The fourth-order valence-corrected chi connectivity index (χ4v) is 2.71. The van der Waals surface area contributed by atoms with E-state index in [-0.39, 0.29) is 11.4 Å². The molecule has 1 saturated carbocycles. The Labute approximate surface area is 121 Å². The molecule has 0 unspecified atom stereocenters. The summed E-state index contributed by atoms with van der Waals surface area (Å²) >= 11 is 0. The van der Waals surface area contributed by atoms with Gasteiger partial charge in [0.05, 0.1) is 0 Å². The molecular formula is C15H28N2O3. The second kappa shape index (κ2) is 6.46. The fraction of sp³-hybridized carbons (Fsp3) is 0.867. The SMILES string of the molecule is CC1(CNC(=O)N[C@H](C(=O)O)C(C)(C)C)CCCCC1. The van der Waals surface area contributed by atoms with Gasteiger partial charge < -0.3 is 15.7 Å². The maximum atomic E-state index is 11.9. The number of carboxylic acids is 1. The molecule has 0 radical (unpaired) electrons. The first-order chi connectivity index (χ1) is 9.14. The van der Waals surface area contributed by atoms with E-state index in [4.69, 9.17) is 0 Å². The van der Waals surface area contributed by atoms with Crippen molar-refractivity contribution in [3.05, 3.63) is 0 Å². The number of carboxylic acid groups (broad SMARTS) is 1. The highest BCUT2D eigenvalue weighted by Crippen LogP contribution is 2.34. The zero-order valence-electron chi connectivity index (χ0n) is 13.1. The summed E-state index contributed by atoms with van der Waals surface area (Å²) in [6, 6.07) is -1.28. The second-order valence-electron chi connectivity index (χ2n) is 7.34. The van der Waals surface area contributed by atoms with Crippen molar-refractivity contribution >= 4 is 12.0 Å². The van der Waals surface area contributed by atoms with Crippen molar-refractivity contribution < 1.29 is 14.7 Å². The summed E-state index contributed by atoms with van der Waals surface area (Å²) in [7, 11) is 0. The van der Waals surface area contributed by atoms with Crippen LogP contribution in [0.2, 0.25) is 0 Å². The van der Waals surface area contributed by atoms with Crippen LogP contribution < -0.4 is 10.6 Å². The minimum atomic E-state index is -1.00. The Morgan fingerprint density at radius 1 is 1.20 bits per heavy atom. The van der Waals surface area contributed by atoms with Gasteiger partial charge in [0.1, 0.15) is 6.04 Å². The minimum Gasteiger partial charge on any atom is -0.480 e. The summed E-state index contributed by atoms with van der Waals surface area (Å²) in [6.45, 7) is 8.19. The number of amides is 2. The van der Waals surface area contributed by atoms with E-state index < -0.39 is 17.4 Å². The van der Waals surface area contributed by atoms with E-state index in [1.807, 2.05) is 0 Å². The van der Waals surface area contributed by atoms with Gasteiger partial charge in [-0.2, -0.15) is 0 Å². The van der Waals surface area contributed by atoms with Crippen LogP contribution in [-0.2, 0) is 4.79 Å². The topological polar surface area (TPSA) is 78.4 Å². The van der Waals surface area contributed by atoms with Crippen LogP contribution in [0.25, 0.3) is 0 Å². The van der Waals surface area contributed by atoms with Crippen molar-refractivity contribution in [3.8, 4) is 0 Å². The molecule has 0 aromatic heterocycles. The van der Waals surface area contributed by atoms with Crippen LogP contribution in [0.15, 0.2) is 0 Å². The Balaban J connectivity index is 2.48. The standard InChI is InChI=1S/C15H28N2O3/c1-14(2,3)11(12(18)19)17-13(20)16-10-15(4)8-6-5-7-9-15/h11H,5-10H2,1-4H3,(H,18,19)(H2,16,17,20)/t11-/m1/s1. The van der Waals surface area contributed by atoms with Crippen molar-refractivity contribution in [1.82, 2.24) is 10.6 Å². The monoisotopic (exact) mass is 284 g/mol. The lowest BCUT2D eigenvalue weighted by atomic mass is 9.76. The molecule has 1 aliphatic carbocycles. The van der Waals surface area contributed by atoms with Crippen LogP contribution in [0.4, 0.5) is 4.79 Å². The smallest absolute Gasteiger partial charge is 0.326 e. The van der Waals surface area contributed by atoms with Crippen LogP contribution in [0.5, 0.6) is 0 Å². The molecule has 0 heterocycles. The Morgan fingerprint density at radius 2 is 1.75 bits per heavy atom. The van der Waals surface area contributed by atoms with E-state index in [0.717, 1.165) is 12.8 Å². The van der Waals surface area contributed by atoms with Crippen LogP contribution in [0.3, 0.4) is 0 Å². The lowest BCUT2D eigenvalue weighted by Crippen LogP contribution is -2.53. The number of carbonyl (C=O) groups is 2. The van der Waals surface area contributed by atoms with E-state index in [9.17, 15) is 14.7 Å². The maximum Gasteiger partial charge on any atom is 0.326 e. The molecule has 0 spiro atoms. The van der Waals surface area contributed by atoms with E-state index in [1.54, 1.807) is 20.8 Å². The van der Waals surface area contributed by atoms with Gasteiger partial charge in [-0.25, -0.2) is 9.59 Å². The zero-order chi connectivity index (χ0) is 15.4. The molecule has 116 valence electrons. The van der Waals surface area contributed by atoms with Crippen molar-refractivity contribution in [2.75, 3.05) is 6.54 Å². The van der Waals surface area contributed by atoms with Gasteiger partial charge in [-0.1, -0.05) is 47.0 Å². The van der Waals surface area contributed by atoms with Gasteiger partial charge in [-0.3, -0.25) is 0 Å². The number of hydrogen-bond donors (Lipinski definition) is 3. The summed E-state index contributed by atoms with van der Waals surface area (Å²) < 4.78 is 0. The van der Waals surface area contributed by atoms with Crippen molar-refractivity contribution in [3.63, 3.8) is 0 Å². The number of carbonyl (C=O) groups excluding carboxylic acids is 1. The molecule has 3 N–H and O–H groups in total. The van der Waals surface area contributed by atoms with Gasteiger partial charge in [0.25, 0.3) is 0 Å². The van der Waals surface area contributed by atoms with Crippen LogP contribution in [0.1, 0.15) is 59.8 Å². The number of hydrogen-bond acceptors (Lipinski definition) is 2. The molecule has 0 saturated heterocycles. The molecule has 0 aromatic carbocycles. The highest BCUT2D eigenvalue weighted by Gasteiger charge is 2.33. The molecule has 5 heteroatoms. The van der Waals surface area contributed by atoms with Gasteiger partial charge in [0.15, 0.2) is 0 Å². The summed E-state index contributed by atoms with van der Waals surface area (Å²) in [5.41, 5.74) is -0.367. The van der Waals surface area contributed by atoms with Gasteiger partial charge in [0.2, 0.25) is 0 Å². The molecule has 1 rings (SSSR count). The lowest BCUT2D eigenvalue weighted by Gasteiger charge is -2.34. The largest absolute Gasteiger partial charge is 0.480 e. The average Bonchev–Trinajstić information content (AvgIpc) is 2.33. The first-order valence-electron chi connectivity index (χ1n) is 7.41. The molecule has 1 fully saturated rings. The molecule has 1 atom stereocenters. The third-order valence-electron chi connectivity index (χ3n) is 4.12. The summed E-state index contributed by atoms with van der Waals surface area (Å²) in [4.78, 5) is 23.1. The van der Waals surface area contributed by atoms with E-state index in [0.29, 0.717) is 6.54 Å². The number of rotatable bonds is 4. The van der Waals surface area contributed by atoms with Crippen LogP contribution in [-0.4, -0.2) is 29.7 Å². The third kappa shape index (κ3) is 5.02. The first-order valence-corrected chi connectivity index (χ1v) is 7.41. The van der Waals surface area contributed by atoms with E-state index in [2.05, 4.69) is 17.6 Å². The molecule has 20 heavy (non-hydrogen) atoms. The van der Waals surface area contributed by atoms with Crippen molar-refractivity contribution in [2.24, 2.45) is 10.8 Å². The Kier molecular flexibility index (Phi) is 5.42. The van der Waals surface area contributed by atoms with Crippen LogP contribution >= 0.6 is 0 Å². The first kappa shape index (κ1) is 16.8. The normalized spacial score (nSPS) is 20.0. The molecule has 0 bridgehead atoms. The van der Waals surface area contributed by atoms with E-state index in [1.165, 1.54) is 19.3 Å². The van der Waals surface area contributed by atoms with Crippen molar-refractivity contribution in [2.45, 2.75) is 65.8 Å². The highest BCUT2D eigenvalue weighted by atomic mass is 16.4. The number of urea groups is 1. The quantitative estimate of drug-likeness (QED) is 0.742. The predicted molar refractivity (Wildman–Crippen MR) is 78.6 cm³/mol. The Hall–Kier alpha value is -1.26. The molecule has 1 aliphatic rings. The van der Waals surface area contributed by atoms with E-state index >= 15 is 0 Å². The van der Waals surface area contributed by atoms with Gasteiger partial charge in [0, 0.05) is 6.54 Å². The second-order valence-corrected chi connectivity index (χ2v) is 7.34. The summed E-state index contributed by atoms with van der Waals surface area (Å²) in [5, 5.41) is 14.6. The zero-order valence-corrected chi connectivity index (χ0v) is 13.1. The number of aliphatic carboxylic acids is 1. The summed E-state index contributed by atoms with van der Waals surface area (Å²) in [5.74, 6) is -1.00. The minimum absolute atomic E-state index is 0.149. The maximum absolute atomic E-state index is 11.9.